The van der Waals surface area contributed by atoms with E-state index in [9.17, 15) is 13.2 Å². The van der Waals surface area contributed by atoms with E-state index in [1.54, 1.807) is 24.1 Å². The van der Waals surface area contributed by atoms with E-state index in [1.807, 2.05) is 13.0 Å². The van der Waals surface area contributed by atoms with Crippen LogP contribution in [0.5, 0.6) is 0 Å². The molecule has 1 aromatic rings. The molecular weight excluding hydrogens is 277 g/mol. The Labute approximate surface area is 116 Å². The number of halogens is 4. The molecule has 0 aliphatic carbocycles. The first-order valence-electron chi connectivity index (χ1n) is 6.01. The van der Waals surface area contributed by atoms with Gasteiger partial charge in [-0.3, -0.25) is 0 Å². The normalized spacial score (nSPS) is 13.4. The lowest BCUT2D eigenvalue weighted by atomic mass is 10.0. The summed E-state index contributed by atoms with van der Waals surface area (Å²) in [4.78, 5) is 1.57. The van der Waals surface area contributed by atoms with Crippen LogP contribution in [0.1, 0.15) is 18.9 Å². The first-order valence-corrected chi connectivity index (χ1v) is 6.39. The van der Waals surface area contributed by atoms with Gasteiger partial charge in [0, 0.05) is 30.3 Å². The van der Waals surface area contributed by atoms with Crippen LogP contribution in [0.4, 0.5) is 18.9 Å². The van der Waals surface area contributed by atoms with Gasteiger partial charge in [-0.25, -0.2) is 0 Å². The molecule has 0 aliphatic heterocycles. The van der Waals surface area contributed by atoms with Gasteiger partial charge in [0.1, 0.15) is 0 Å². The Bertz CT molecular complexity index is 419. The molecule has 2 nitrogen and oxygen atoms in total. The van der Waals surface area contributed by atoms with E-state index in [-0.39, 0.29) is 12.6 Å². The van der Waals surface area contributed by atoms with Crippen LogP contribution in [-0.2, 0) is 6.42 Å². The minimum absolute atomic E-state index is 0.0593. The monoisotopic (exact) mass is 294 g/mol. The molecular formula is C13H18ClF3N2. The van der Waals surface area contributed by atoms with Crippen molar-refractivity contribution in [2.75, 3.05) is 18.5 Å². The van der Waals surface area contributed by atoms with Crippen LogP contribution in [0.25, 0.3) is 0 Å². The lowest BCUT2D eigenvalue weighted by molar-refractivity contribution is -0.132. The fraction of sp³-hybridized carbons (Fsp3) is 0.538. The number of benzene rings is 1. The number of rotatable bonds is 5. The molecule has 2 N–H and O–H groups in total. The Kier molecular flexibility index (Phi) is 5.50. The molecule has 0 heterocycles. The van der Waals surface area contributed by atoms with Crippen LogP contribution in [0.15, 0.2) is 18.2 Å². The number of nitrogens with two attached hydrogens (primary N) is 1. The van der Waals surface area contributed by atoms with E-state index in [0.717, 1.165) is 5.56 Å². The summed E-state index contributed by atoms with van der Waals surface area (Å²) in [5.74, 6) is 0. The maximum Gasteiger partial charge on any atom is 0.390 e. The number of anilines is 1. The standard InChI is InChI=1S/C13H18ClF3N2/c1-9(18)7-10-3-4-11(14)8-12(10)19(2)6-5-13(15,16)17/h3-4,8-9H,5-7,18H2,1-2H3. The lowest BCUT2D eigenvalue weighted by Gasteiger charge is -2.24. The van der Waals surface area contributed by atoms with Gasteiger partial charge in [0.15, 0.2) is 0 Å². The third-order valence-electron chi connectivity index (χ3n) is 2.73. The third kappa shape index (κ3) is 5.70. The summed E-state index contributed by atoms with van der Waals surface area (Å²) >= 11 is 5.91. The number of nitrogens with zero attached hydrogens (tertiary/aromatic N) is 1. The fourth-order valence-corrected chi connectivity index (χ4v) is 1.99. The average molecular weight is 295 g/mol. The average Bonchev–Trinajstić information content (AvgIpc) is 2.27. The van der Waals surface area contributed by atoms with Crippen molar-refractivity contribution in [2.24, 2.45) is 5.73 Å². The maximum atomic E-state index is 12.2. The van der Waals surface area contributed by atoms with Gasteiger partial charge in [-0.1, -0.05) is 17.7 Å². The molecule has 1 rings (SSSR count). The second-order valence-electron chi connectivity index (χ2n) is 4.74. The molecule has 0 amide bonds. The third-order valence-corrected chi connectivity index (χ3v) is 2.97. The van der Waals surface area contributed by atoms with Crippen molar-refractivity contribution in [1.82, 2.24) is 0 Å². The van der Waals surface area contributed by atoms with Crippen LogP contribution in [-0.4, -0.2) is 25.8 Å². The zero-order valence-corrected chi connectivity index (χ0v) is 11.7. The van der Waals surface area contributed by atoms with Gasteiger partial charge in [0.2, 0.25) is 0 Å². The minimum atomic E-state index is -4.16. The molecule has 0 spiro atoms. The van der Waals surface area contributed by atoms with Crippen molar-refractivity contribution in [2.45, 2.75) is 32.0 Å². The summed E-state index contributed by atoms with van der Waals surface area (Å²) in [5, 5.41) is 0.502. The first-order chi connectivity index (χ1) is 8.69. The molecule has 1 aromatic carbocycles. The van der Waals surface area contributed by atoms with E-state index in [4.69, 9.17) is 17.3 Å². The second-order valence-corrected chi connectivity index (χ2v) is 5.18. The predicted molar refractivity (Wildman–Crippen MR) is 72.7 cm³/mol. The fourth-order valence-electron chi connectivity index (χ4n) is 1.83. The van der Waals surface area contributed by atoms with Gasteiger partial charge in [-0.05, 0) is 31.0 Å². The SMILES string of the molecule is CC(N)Cc1ccc(Cl)cc1N(C)CCC(F)(F)F. The molecule has 1 unspecified atom stereocenters. The summed E-state index contributed by atoms with van der Waals surface area (Å²) in [7, 11) is 1.63. The highest BCUT2D eigenvalue weighted by atomic mass is 35.5. The van der Waals surface area contributed by atoms with Crippen molar-refractivity contribution in [3.8, 4) is 0 Å². The maximum absolute atomic E-state index is 12.2. The van der Waals surface area contributed by atoms with E-state index in [1.165, 1.54) is 0 Å². The lowest BCUT2D eigenvalue weighted by Crippen LogP contribution is -2.26. The number of alkyl halides is 3. The largest absolute Gasteiger partial charge is 0.390 e. The highest BCUT2D eigenvalue weighted by Crippen LogP contribution is 2.27. The Balaban J connectivity index is 2.87. The molecule has 1 atom stereocenters. The molecule has 6 heteroatoms. The first kappa shape index (κ1) is 16.1. The predicted octanol–water partition coefficient (Wildman–Crippen LogP) is 3.62. The quantitative estimate of drug-likeness (QED) is 0.899. The molecule has 0 saturated carbocycles. The molecule has 108 valence electrons. The van der Waals surface area contributed by atoms with E-state index in [0.29, 0.717) is 17.1 Å². The van der Waals surface area contributed by atoms with Crippen LogP contribution >= 0.6 is 11.6 Å². The molecule has 0 fully saturated rings. The van der Waals surface area contributed by atoms with Gasteiger partial charge in [-0.15, -0.1) is 0 Å². The molecule has 0 aromatic heterocycles. The smallest absolute Gasteiger partial charge is 0.374 e. The van der Waals surface area contributed by atoms with E-state index in [2.05, 4.69) is 0 Å². The van der Waals surface area contributed by atoms with Gasteiger partial charge in [0.25, 0.3) is 0 Å². The van der Waals surface area contributed by atoms with E-state index < -0.39 is 12.6 Å². The van der Waals surface area contributed by atoms with Crippen LogP contribution in [0.3, 0.4) is 0 Å². The Hall–Kier alpha value is -0.940. The summed E-state index contributed by atoms with van der Waals surface area (Å²) in [6.07, 6.45) is -4.41. The molecule has 19 heavy (non-hydrogen) atoms. The van der Waals surface area contributed by atoms with Gasteiger partial charge < -0.3 is 10.6 Å². The molecule has 0 radical (unpaired) electrons. The van der Waals surface area contributed by atoms with Crippen molar-refractivity contribution in [3.63, 3.8) is 0 Å². The van der Waals surface area contributed by atoms with Crippen molar-refractivity contribution in [3.05, 3.63) is 28.8 Å². The summed E-state index contributed by atoms with van der Waals surface area (Å²) in [6, 6.07) is 5.15. The highest BCUT2D eigenvalue weighted by molar-refractivity contribution is 6.30. The Morgan fingerprint density at radius 2 is 2.00 bits per heavy atom. The van der Waals surface area contributed by atoms with E-state index >= 15 is 0 Å². The molecule has 0 bridgehead atoms. The molecule has 0 aliphatic rings. The van der Waals surface area contributed by atoms with Crippen LogP contribution in [0, 0.1) is 0 Å². The van der Waals surface area contributed by atoms with Crippen LogP contribution < -0.4 is 10.6 Å². The van der Waals surface area contributed by atoms with Gasteiger partial charge >= 0.3 is 6.18 Å². The topological polar surface area (TPSA) is 29.3 Å². The Morgan fingerprint density at radius 1 is 1.37 bits per heavy atom. The number of hydrogen-bond donors (Lipinski definition) is 1. The molecule has 0 saturated heterocycles. The second kappa shape index (κ2) is 6.48. The van der Waals surface area contributed by atoms with Gasteiger partial charge in [0.05, 0.1) is 6.42 Å². The zero-order valence-electron chi connectivity index (χ0n) is 11.0. The highest BCUT2D eigenvalue weighted by Gasteiger charge is 2.27. The van der Waals surface area contributed by atoms with Crippen molar-refractivity contribution in [1.29, 1.82) is 0 Å². The summed E-state index contributed by atoms with van der Waals surface area (Å²) < 4.78 is 36.7. The Morgan fingerprint density at radius 3 is 2.53 bits per heavy atom. The van der Waals surface area contributed by atoms with Crippen LogP contribution in [0.2, 0.25) is 5.02 Å². The zero-order chi connectivity index (χ0) is 14.6. The summed E-state index contributed by atoms with van der Waals surface area (Å²) in [6.45, 7) is 1.75. The minimum Gasteiger partial charge on any atom is -0.374 e. The summed E-state index contributed by atoms with van der Waals surface area (Å²) in [5.41, 5.74) is 7.35. The number of hydrogen-bond acceptors (Lipinski definition) is 2. The van der Waals surface area contributed by atoms with Crippen molar-refractivity contribution < 1.29 is 13.2 Å². The van der Waals surface area contributed by atoms with Crippen molar-refractivity contribution >= 4 is 17.3 Å². The van der Waals surface area contributed by atoms with Gasteiger partial charge in [-0.2, -0.15) is 13.2 Å².